The number of likely N-dealkylation sites (tertiary alicyclic amines) is 1. The second-order valence-electron chi connectivity index (χ2n) is 8.06. The number of esters is 1. The first-order valence-electron chi connectivity index (χ1n) is 11.0. The number of amides is 2. The number of fused-ring (bicyclic) bond motifs is 1. The number of aliphatic hydroxyl groups excluding tert-OH is 1. The van der Waals surface area contributed by atoms with Gasteiger partial charge in [0.2, 0.25) is 11.8 Å². The number of ether oxygens (including phenoxy) is 1. The lowest BCUT2D eigenvalue weighted by Crippen LogP contribution is -2.51. The van der Waals surface area contributed by atoms with E-state index in [2.05, 4.69) is 12.2 Å². The van der Waals surface area contributed by atoms with Gasteiger partial charge in [-0.25, -0.2) is 0 Å². The van der Waals surface area contributed by atoms with Crippen molar-refractivity contribution in [1.29, 1.82) is 0 Å². The maximum Gasteiger partial charge on any atom is 0.310 e. The Morgan fingerprint density at radius 3 is 2.55 bits per heavy atom. The summed E-state index contributed by atoms with van der Waals surface area (Å²) in [6, 6.07) is -1.22. The minimum atomic E-state index is -0.720. The summed E-state index contributed by atoms with van der Waals surface area (Å²) >= 11 is 0. The number of allylic oxidation sites excluding steroid dienone is 1. The Kier molecular flexibility index (Phi) is 8.68. The highest BCUT2D eigenvalue weighted by Crippen LogP contribution is 2.45. The minimum Gasteiger partial charge on any atom is -0.466 e. The highest BCUT2D eigenvalue weighted by Gasteiger charge is 2.58. The van der Waals surface area contributed by atoms with E-state index < -0.39 is 29.8 Å². The predicted molar refractivity (Wildman–Crippen MR) is 110 cm³/mol. The van der Waals surface area contributed by atoms with Crippen LogP contribution in [0.4, 0.5) is 0 Å². The number of aliphatic hydroxyl groups is 1. The molecule has 1 heterocycles. The molecule has 7 nitrogen and oxygen atoms in total. The molecule has 0 spiro atoms. The lowest BCUT2D eigenvalue weighted by atomic mass is 9.69. The van der Waals surface area contributed by atoms with Crippen molar-refractivity contribution in [1.82, 2.24) is 10.2 Å². The molecule has 0 bridgehead atoms. The van der Waals surface area contributed by atoms with Crippen molar-refractivity contribution < 1.29 is 24.2 Å². The van der Waals surface area contributed by atoms with Gasteiger partial charge in [0.05, 0.1) is 31.1 Å². The third-order valence-corrected chi connectivity index (χ3v) is 6.16. The summed E-state index contributed by atoms with van der Waals surface area (Å²) < 4.78 is 5.29. The van der Waals surface area contributed by atoms with Crippen molar-refractivity contribution >= 4 is 17.8 Å². The monoisotopic (exact) mass is 408 g/mol. The number of carbonyl (C=O) groups is 3. The zero-order valence-corrected chi connectivity index (χ0v) is 18.1. The lowest BCUT2D eigenvalue weighted by Gasteiger charge is -2.33. The molecule has 2 rings (SSSR count). The van der Waals surface area contributed by atoms with Crippen molar-refractivity contribution in [2.45, 2.75) is 65.5 Å². The normalized spacial score (nSPS) is 29.5. The summed E-state index contributed by atoms with van der Waals surface area (Å²) in [5.74, 6) is -2.59. The van der Waals surface area contributed by atoms with Crippen molar-refractivity contribution in [2.24, 2.45) is 23.7 Å². The number of nitrogens with one attached hydrogen (secondary N) is 1. The molecule has 1 aliphatic heterocycles. The maximum absolute atomic E-state index is 13.4. The molecule has 1 saturated heterocycles. The Bertz CT molecular complexity index is 620. The molecule has 0 aromatic heterocycles. The second-order valence-corrected chi connectivity index (χ2v) is 8.06. The van der Waals surface area contributed by atoms with Crippen molar-refractivity contribution in [3.05, 3.63) is 12.2 Å². The van der Waals surface area contributed by atoms with Crippen molar-refractivity contribution in [2.75, 3.05) is 19.8 Å². The molecule has 0 saturated carbocycles. The van der Waals surface area contributed by atoms with Gasteiger partial charge in [0, 0.05) is 12.5 Å². The van der Waals surface area contributed by atoms with Crippen LogP contribution in [-0.4, -0.2) is 59.6 Å². The largest absolute Gasteiger partial charge is 0.466 e. The third kappa shape index (κ3) is 4.82. The molecule has 0 radical (unpaired) electrons. The summed E-state index contributed by atoms with van der Waals surface area (Å²) in [4.78, 5) is 40.7. The Labute approximate surface area is 173 Å². The van der Waals surface area contributed by atoms with Crippen LogP contribution >= 0.6 is 0 Å². The van der Waals surface area contributed by atoms with Gasteiger partial charge < -0.3 is 20.1 Å². The fourth-order valence-electron chi connectivity index (χ4n) is 4.65. The van der Waals surface area contributed by atoms with Crippen LogP contribution in [0.2, 0.25) is 0 Å². The van der Waals surface area contributed by atoms with Gasteiger partial charge in [-0.1, -0.05) is 38.8 Å². The smallest absolute Gasteiger partial charge is 0.310 e. The van der Waals surface area contributed by atoms with Gasteiger partial charge in [-0.15, -0.1) is 0 Å². The van der Waals surface area contributed by atoms with Crippen LogP contribution in [-0.2, 0) is 19.1 Å². The van der Waals surface area contributed by atoms with Crippen molar-refractivity contribution in [3.8, 4) is 0 Å². The molecular formula is C22H36N2O5. The number of nitrogens with zero attached hydrogens (tertiary/aromatic N) is 1. The van der Waals surface area contributed by atoms with Crippen LogP contribution in [0, 0.1) is 23.7 Å². The maximum atomic E-state index is 13.4. The topological polar surface area (TPSA) is 95.9 Å². The molecule has 29 heavy (non-hydrogen) atoms. The number of hydrogen-bond donors (Lipinski definition) is 2. The fraction of sp³-hybridized carbons (Fsp3) is 0.773. The zero-order valence-electron chi connectivity index (χ0n) is 18.1. The average molecular weight is 409 g/mol. The first kappa shape index (κ1) is 23.4. The van der Waals surface area contributed by atoms with Crippen molar-refractivity contribution in [3.63, 3.8) is 0 Å². The van der Waals surface area contributed by atoms with E-state index >= 15 is 0 Å². The molecule has 0 aromatic carbocycles. The summed E-state index contributed by atoms with van der Waals surface area (Å²) in [5.41, 5.74) is 0. The van der Waals surface area contributed by atoms with E-state index in [1.807, 2.05) is 19.1 Å². The van der Waals surface area contributed by atoms with Crippen LogP contribution < -0.4 is 5.32 Å². The van der Waals surface area contributed by atoms with Crippen LogP contribution in [0.1, 0.15) is 53.4 Å². The summed E-state index contributed by atoms with van der Waals surface area (Å²) in [5, 5.41) is 12.7. The molecule has 0 unspecified atom stereocenters. The number of unbranched alkanes of at least 4 members (excludes halogenated alkanes) is 2. The molecule has 2 amide bonds. The lowest BCUT2D eigenvalue weighted by molar-refractivity contribution is -0.156. The van der Waals surface area contributed by atoms with Gasteiger partial charge in [-0.2, -0.15) is 0 Å². The molecule has 2 aliphatic rings. The van der Waals surface area contributed by atoms with Gasteiger partial charge in [0.25, 0.3) is 0 Å². The summed E-state index contributed by atoms with van der Waals surface area (Å²) in [7, 11) is 0. The summed E-state index contributed by atoms with van der Waals surface area (Å²) in [6.07, 6.45) is 7.55. The standard InChI is InChI=1S/C22H36N2O5/c1-5-8-9-12-23-20(26)19-16-11-10-15(6-2)17(22(28)29-7-3)18(16)21(27)24(19)14(4)13-25/h10-11,14-19,25H,5-9,12-13H2,1-4H3,(H,23,26)/t14-,15-,16+,17-,18+,19+/m1/s1. The first-order valence-corrected chi connectivity index (χ1v) is 11.0. The average Bonchev–Trinajstić information content (AvgIpc) is 3.02. The highest BCUT2D eigenvalue weighted by molar-refractivity contribution is 5.96. The zero-order chi connectivity index (χ0) is 21.6. The predicted octanol–water partition coefficient (Wildman–Crippen LogP) is 1.89. The van der Waals surface area contributed by atoms with E-state index in [4.69, 9.17) is 4.74 Å². The number of carbonyl (C=O) groups excluding carboxylic acids is 3. The van der Waals surface area contributed by atoms with Gasteiger partial charge in [-0.3, -0.25) is 14.4 Å². The SMILES string of the molecule is CCCCCNC(=O)[C@@H]1[C@H]2C=C[C@@H](CC)[C@@H](C(=O)OCC)[C@H]2C(=O)N1[C@H](C)CO. The Morgan fingerprint density at radius 2 is 1.97 bits per heavy atom. The molecule has 164 valence electrons. The van der Waals surface area contributed by atoms with Gasteiger partial charge in [0.15, 0.2) is 0 Å². The molecule has 7 heteroatoms. The van der Waals surface area contributed by atoms with E-state index in [1.54, 1.807) is 13.8 Å². The third-order valence-electron chi connectivity index (χ3n) is 6.16. The van der Waals surface area contributed by atoms with Gasteiger partial charge in [0.1, 0.15) is 6.04 Å². The molecule has 1 fully saturated rings. The summed E-state index contributed by atoms with van der Waals surface area (Å²) in [6.45, 7) is 8.12. The van der Waals surface area contributed by atoms with Crippen LogP contribution in [0.3, 0.4) is 0 Å². The quantitative estimate of drug-likeness (QED) is 0.327. The Morgan fingerprint density at radius 1 is 1.24 bits per heavy atom. The van der Waals surface area contributed by atoms with E-state index in [-0.39, 0.29) is 36.9 Å². The number of rotatable bonds is 10. The first-order chi connectivity index (χ1) is 13.9. The molecule has 1 aliphatic carbocycles. The minimum absolute atomic E-state index is 0.100. The molecule has 0 aromatic rings. The van der Waals surface area contributed by atoms with Gasteiger partial charge >= 0.3 is 5.97 Å². The molecule has 6 atom stereocenters. The second kappa shape index (κ2) is 10.8. The molecular weight excluding hydrogens is 372 g/mol. The van der Waals surface area contributed by atoms with Crippen LogP contribution in [0.25, 0.3) is 0 Å². The van der Waals surface area contributed by atoms with E-state index in [0.29, 0.717) is 13.0 Å². The Balaban J connectivity index is 2.36. The van der Waals surface area contributed by atoms with E-state index in [0.717, 1.165) is 19.3 Å². The fourth-order valence-corrected chi connectivity index (χ4v) is 4.65. The molecule has 2 N–H and O–H groups in total. The van der Waals surface area contributed by atoms with Crippen LogP contribution in [0.15, 0.2) is 12.2 Å². The van der Waals surface area contributed by atoms with E-state index in [9.17, 15) is 19.5 Å². The highest BCUT2D eigenvalue weighted by atomic mass is 16.5. The Hall–Kier alpha value is -1.89. The van der Waals surface area contributed by atoms with Gasteiger partial charge in [-0.05, 0) is 32.6 Å². The number of hydrogen-bond acceptors (Lipinski definition) is 5. The van der Waals surface area contributed by atoms with E-state index in [1.165, 1.54) is 4.90 Å². The van der Waals surface area contributed by atoms with Crippen LogP contribution in [0.5, 0.6) is 0 Å².